The van der Waals surface area contributed by atoms with E-state index in [0.717, 1.165) is 0 Å². The topological polar surface area (TPSA) is 93.4 Å². The maximum absolute atomic E-state index is 13.0. The summed E-state index contributed by atoms with van der Waals surface area (Å²) in [4.78, 5) is 24.7. The lowest BCUT2D eigenvalue weighted by Crippen LogP contribution is -2.14. The fraction of sp³-hybridized carbons (Fsp3) is 0.231. The molecule has 8 nitrogen and oxygen atoms in total. The van der Waals surface area contributed by atoms with E-state index < -0.39 is 5.97 Å². The van der Waals surface area contributed by atoms with Gasteiger partial charge in [0.05, 0.1) is 13.7 Å². The molecule has 1 heterocycles. The van der Waals surface area contributed by atoms with E-state index in [4.69, 9.17) is 28.1 Å². The Morgan fingerprint density at radius 2 is 1.74 bits per heavy atom. The first kappa shape index (κ1) is 24.4. The predicted molar refractivity (Wildman–Crippen MR) is 128 cm³/mol. The highest BCUT2D eigenvalue weighted by molar-refractivity contribution is 5.86. The standard InChI is InChI=1S/C26H26O8/c1-5-10-31-18-13-23(32-11-6-2)26-19(27)15-21(34-24(26)14-18)17-8-9-20(29-4)22(12-17)33-16-25(28)30-7-3/h5-6,8-9,12-15H,1-2,7,10-11,16H2,3-4H3. The Hall–Kier alpha value is -4.20. The van der Waals surface area contributed by atoms with Gasteiger partial charge >= 0.3 is 5.97 Å². The van der Waals surface area contributed by atoms with E-state index in [1.54, 1.807) is 49.4 Å². The molecule has 2 aromatic carbocycles. The van der Waals surface area contributed by atoms with Crippen molar-refractivity contribution < 1.29 is 32.9 Å². The first-order chi connectivity index (χ1) is 16.5. The second kappa shape index (κ2) is 11.6. The minimum atomic E-state index is -0.508. The molecular weight excluding hydrogens is 440 g/mol. The summed E-state index contributed by atoms with van der Waals surface area (Å²) in [5.41, 5.74) is 0.535. The van der Waals surface area contributed by atoms with E-state index in [9.17, 15) is 9.59 Å². The van der Waals surface area contributed by atoms with Gasteiger partial charge in [-0.1, -0.05) is 25.3 Å². The molecular formula is C26H26O8. The fourth-order valence-corrected chi connectivity index (χ4v) is 3.15. The number of rotatable bonds is 12. The summed E-state index contributed by atoms with van der Waals surface area (Å²) in [6.07, 6.45) is 3.19. The molecule has 0 aliphatic rings. The normalized spacial score (nSPS) is 10.4. The largest absolute Gasteiger partial charge is 0.493 e. The van der Waals surface area contributed by atoms with Gasteiger partial charge in [-0.3, -0.25) is 4.79 Å². The minimum Gasteiger partial charge on any atom is -0.493 e. The van der Waals surface area contributed by atoms with Crippen molar-refractivity contribution in [3.05, 3.63) is 71.9 Å². The van der Waals surface area contributed by atoms with Crippen molar-refractivity contribution in [3.63, 3.8) is 0 Å². The Morgan fingerprint density at radius 3 is 2.44 bits per heavy atom. The number of hydrogen-bond acceptors (Lipinski definition) is 8. The maximum Gasteiger partial charge on any atom is 0.344 e. The number of carbonyl (C=O) groups is 1. The first-order valence-corrected chi connectivity index (χ1v) is 10.6. The van der Waals surface area contributed by atoms with Crippen LogP contribution in [0.1, 0.15) is 6.92 Å². The summed E-state index contributed by atoms with van der Waals surface area (Å²) < 4.78 is 33.1. The Bertz CT molecular complexity index is 1240. The Kier molecular flexibility index (Phi) is 8.34. The molecule has 34 heavy (non-hydrogen) atoms. The summed E-state index contributed by atoms with van der Waals surface area (Å²) in [5, 5.41) is 0.281. The lowest BCUT2D eigenvalue weighted by Gasteiger charge is -2.13. The van der Waals surface area contributed by atoms with Crippen LogP contribution in [0.2, 0.25) is 0 Å². The van der Waals surface area contributed by atoms with Crippen LogP contribution in [-0.4, -0.2) is 39.5 Å². The molecule has 178 valence electrons. The van der Waals surface area contributed by atoms with Gasteiger partial charge in [-0.15, -0.1) is 0 Å². The Morgan fingerprint density at radius 1 is 0.971 bits per heavy atom. The van der Waals surface area contributed by atoms with E-state index in [0.29, 0.717) is 28.6 Å². The van der Waals surface area contributed by atoms with E-state index in [-0.39, 0.29) is 48.6 Å². The fourth-order valence-electron chi connectivity index (χ4n) is 3.15. The smallest absolute Gasteiger partial charge is 0.344 e. The number of carbonyl (C=O) groups excluding carboxylic acids is 1. The molecule has 0 unspecified atom stereocenters. The highest BCUT2D eigenvalue weighted by atomic mass is 16.6. The zero-order chi connectivity index (χ0) is 24.5. The van der Waals surface area contributed by atoms with Crippen molar-refractivity contribution in [3.8, 4) is 34.3 Å². The van der Waals surface area contributed by atoms with Crippen molar-refractivity contribution in [2.45, 2.75) is 6.92 Å². The van der Waals surface area contributed by atoms with Crippen LogP contribution >= 0.6 is 0 Å². The molecule has 0 amide bonds. The lowest BCUT2D eigenvalue weighted by molar-refractivity contribution is -0.145. The summed E-state index contributed by atoms with van der Waals surface area (Å²) in [6, 6.07) is 9.60. The average molecular weight is 466 g/mol. The minimum absolute atomic E-state index is 0.209. The van der Waals surface area contributed by atoms with Crippen molar-refractivity contribution in [1.29, 1.82) is 0 Å². The van der Waals surface area contributed by atoms with Crippen LogP contribution in [0.15, 0.2) is 70.9 Å². The zero-order valence-electron chi connectivity index (χ0n) is 19.1. The van der Waals surface area contributed by atoms with E-state index in [2.05, 4.69) is 13.2 Å². The van der Waals surface area contributed by atoms with E-state index in [1.807, 2.05) is 0 Å². The van der Waals surface area contributed by atoms with Crippen LogP contribution in [0.5, 0.6) is 23.0 Å². The maximum atomic E-state index is 13.0. The summed E-state index contributed by atoms with van der Waals surface area (Å²) >= 11 is 0. The molecule has 0 bridgehead atoms. The van der Waals surface area contributed by atoms with Crippen LogP contribution in [-0.2, 0) is 9.53 Å². The van der Waals surface area contributed by atoms with E-state index >= 15 is 0 Å². The summed E-state index contributed by atoms with van der Waals surface area (Å²) in [5.74, 6) is 1.28. The van der Waals surface area contributed by atoms with Gasteiger partial charge in [0.25, 0.3) is 0 Å². The van der Waals surface area contributed by atoms with Crippen LogP contribution in [0.25, 0.3) is 22.3 Å². The number of ether oxygens (including phenoxy) is 5. The number of fused-ring (bicyclic) bond motifs is 1. The molecule has 0 N–H and O–H groups in total. The average Bonchev–Trinajstić information content (AvgIpc) is 2.84. The predicted octanol–water partition coefficient (Wildman–Crippen LogP) is 4.54. The molecule has 0 saturated carbocycles. The SMILES string of the molecule is C=CCOc1cc(OCC=C)c2c(=O)cc(-c3ccc(OC)c(OCC(=O)OCC)c3)oc2c1. The number of benzene rings is 2. The summed E-state index contributed by atoms with van der Waals surface area (Å²) in [7, 11) is 1.48. The molecule has 0 aliphatic heterocycles. The van der Waals surface area contributed by atoms with Gasteiger partial charge in [0, 0.05) is 23.8 Å². The first-order valence-electron chi connectivity index (χ1n) is 10.6. The molecule has 0 saturated heterocycles. The number of methoxy groups -OCH3 is 1. The van der Waals surface area contributed by atoms with Crippen LogP contribution in [0, 0.1) is 0 Å². The molecule has 3 aromatic rings. The lowest BCUT2D eigenvalue weighted by atomic mass is 10.1. The monoisotopic (exact) mass is 466 g/mol. The number of hydrogen-bond donors (Lipinski definition) is 0. The van der Waals surface area contributed by atoms with Gasteiger partial charge in [0.15, 0.2) is 23.5 Å². The third-order valence-electron chi connectivity index (χ3n) is 4.59. The molecule has 8 heteroatoms. The molecule has 0 radical (unpaired) electrons. The van der Waals surface area contributed by atoms with Crippen LogP contribution in [0.3, 0.4) is 0 Å². The van der Waals surface area contributed by atoms with Crippen molar-refractivity contribution in [2.75, 3.05) is 33.5 Å². The van der Waals surface area contributed by atoms with Gasteiger partial charge in [0.1, 0.15) is 41.4 Å². The molecule has 1 aromatic heterocycles. The molecule has 3 rings (SSSR count). The molecule has 0 fully saturated rings. The third-order valence-corrected chi connectivity index (χ3v) is 4.59. The zero-order valence-corrected chi connectivity index (χ0v) is 19.1. The van der Waals surface area contributed by atoms with Crippen molar-refractivity contribution >= 4 is 16.9 Å². The second-order valence-electron chi connectivity index (χ2n) is 6.93. The molecule has 0 spiro atoms. The second-order valence-corrected chi connectivity index (χ2v) is 6.93. The highest BCUT2D eigenvalue weighted by Crippen LogP contribution is 2.35. The third kappa shape index (κ3) is 5.78. The van der Waals surface area contributed by atoms with Gasteiger partial charge in [-0.2, -0.15) is 0 Å². The highest BCUT2D eigenvalue weighted by Gasteiger charge is 2.16. The van der Waals surface area contributed by atoms with Gasteiger partial charge in [0.2, 0.25) is 0 Å². The van der Waals surface area contributed by atoms with Crippen LogP contribution < -0.4 is 24.4 Å². The summed E-state index contributed by atoms with van der Waals surface area (Å²) in [6.45, 7) is 9.44. The number of esters is 1. The molecule has 0 aliphatic carbocycles. The van der Waals surface area contributed by atoms with Crippen molar-refractivity contribution in [1.82, 2.24) is 0 Å². The van der Waals surface area contributed by atoms with Gasteiger partial charge in [-0.05, 0) is 25.1 Å². The molecule has 0 atom stereocenters. The van der Waals surface area contributed by atoms with Gasteiger partial charge in [-0.25, -0.2) is 4.79 Å². The Labute approximate surface area is 197 Å². The quantitative estimate of drug-likeness (QED) is 0.284. The van der Waals surface area contributed by atoms with Crippen LogP contribution in [0.4, 0.5) is 0 Å². The van der Waals surface area contributed by atoms with Crippen molar-refractivity contribution in [2.24, 2.45) is 0 Å². The van der Waals surface area contributed by atoms with Gasteiger partial charge < -0.3 is 28.1 Å². The van der Waals surface area contributed by atoms with E-state index in [1.165, 1.54) is 13.2 Å². The Balaban J connectivity index is 2.06.